The predicted octanol–water partition coefficient (Wildman–Crippen LogP) is 1.31. The Kier molecular flexibility index (Phi) is 3.15. The smallest absolute Gasteiger partial charge is 0.274 e. The number of aromatic nitrogens is 5. The quantitative estimate of drug-likeness (QED) is 0.772. The molecule has 7 nitrogen and oxygen atoms in total. The molecule has 0 fully saturated rings. The Morgan fingerprint density at radius 3 is 2.85 bits per heavy atom. The van der Waals surface area contributed by atoms with Gasteiger partial charge in [0.25, 0.3) is 5.91 Å². The molecule has 1 N–H and O–H groups in total. The number of tetrazole rings is 1. The van der Waals surface area contributed by atoms with Crippen molar-refractivity contribution in [3.8, 4) is 5.69 Å². The van der Waals surface area contributed by atoms with Gasteiger partial charge >= 0.3 is 0 Å². The highest BCUT2D eigenvalue weighted by atomic mass is 16.1. The van der Waals surface area contributed by atoms with Gasteiger partial charge in [0, 0.05) is 11.9 Å². The number of benzene rings is 1. The van der Waals surface area contributed by atoms with Crippen molar-refractivity contribution in [1.29, 1.82) is 0 Å². The fourth-order valence-corrected chi connectivity index (χ4v) is 1.70. The number of carbonyl (C=O) groups excluding carboxylic acids is 1. The average molecular weight is 266 g/mol. The molecule has 0 aliphatic rings. The topological polar surface area (TPSA) is 85.6 Å². The number of amides is 1. The first-order valence-electron chi connectivity index (χ1n) is 5.89. The van der Waals surface area contributed by atoms with Gasteiger partial charge in [0.15, 0.2) is 0 Å². The van der Waals surface area contributed by atoms with E-state index in [1.807, 2.05) is 12.1 Å². The van der Waals surface area contributed by atoms with Crippen molar-refractivity contribution in [2.24, 2.45) is 0 Å². The van der Waals surface area contributed by atoms with Crippen LogP contribution in [0.3, 0.4) is 0 Å². The Morgan fingerprint density at radius 1 is 1.15 bits per heavy atom. The third-order valence-corrected chi connectivity index (χ3v) is 2.62. The van der Waals surface area contributed by atoms with Crippen LogP contribution in [0.25, 0.3) is 5.69 Å². The van der Waals surface area contributed by atoms with Crippen molar-refractivity contribution in [2.45, 2.75) is 0 Å². The van der Waals surface area contributed by atoms with Gasteiger partial charge in [-0.15, -0.1) is 5.10 Å². The number of hydrogen-bond acceptors (Lipinski definition) is 5. The minimum atomic E-state index is -0.264. The monoisotopic (exact) mass is 266 g/mol. The third-order valence-electron chi connectivity index (χ3n) is 2.62. The molecular formula is C13H10N6O. The summed E-state index contributed by atoms with van der Waals surface area (Å²) in [6.45, 7) is 0. The van der Waals surface area contributed by atoms with Crippen LogP contribution in [0.2, 0.25) is 0 Å². The van der Waals surface area contributed by atoms with E-state index in [1.54, 1.807) is 36.5 Å². The molecule has 0 atom stereocenters. The maximum Gasteiger partial charge on any atom is 0.274 e. The zero-order valence-corrected chi connectivity index (χ0v) is 10.3. The number of anilines is 1. The van der Waals surface area contributed by atoms with Gasteiger partial charge < -0.3 is 5.32 Å². The maximum atomic E-state index is 12.0. The van der Waals surface area contributed by atoms with Crippen LogP contribution >= 0.6 is 0 Å². The highest BCUT2D eigenvalue weighted by Crippen LogP contribution is 2.14. The van der Waals surface area contributed by atoms with Gasteiger partial charge in [-0.1, -0.05) is 12.1 Å². The standard InChI is InChI=1S/C13H10N6O/c20-13(12-6-1-2-7-14-12)16-10-4-3-5-11(8-10)19-9-15-17-18-19/h1-9H,(H,16,20). The summed E-state index contributed by atoms with van der Waals surface area (Å²) in [4.78, 5) is 16.0. The number of hydrogen-bond donors (Lipinski definition) is 1. The van der Waals surface area contributed by atoms with Gasteiger partial charge in [0.1, 0.15) is 12.0 Å². The van der Waals surface area contributed by atoms with E-state index in [4.69, 9.17) is 0 Å². The van der Waals surface area contributed by atoms with Crippen LogP contribution < -0.4 is 5.32 Å². The molecule has 1 aromatic carbocycles. The summed E-state index contributed by atoms with van der Waals surface area (Å²) in [6.07, 6.45) is 3.06. The summed E-state index contributed by atoms with van der Waals surface area (Å²) >= 11 is 0. The molecule has 0 radical (unpaired) electrons. The summed E-state index contributed by atoms with van der Waals surface area (Å²) in [5.41, 5.74) is 1.77. The molecule has 0 unspecified atom stereocenters. The van der Waals surface area contributed by atoms with Crippen molar-refractivity contribution in [3.05, 3.63) is 60.7 Å². The van der Waals surface area contributed by atoms with Crippen molar-refractivity contribution >= 4 is 11.6 Å². The van der Waals surface area contributed by atoms with Crippen LogP contribution in [0.1, 0.15) is 10.5 Å². The number of nitrogens with zero attached hydrogens (tertiary/aromatic N) is 5. The van der Waals surface area contributed by atoms with E-state index in [2.05, 4.69) is 25.8 Å². The molecule has 0 spiro atoms. The molecule has 0 bridgehead atoms. The number of carbonyl (C=O) groups is 1. The van der Waals surface area contributed by atoms with Crippen molar-refractivity contribution in [2.75, 3.05) is 5.32 Å². The molecular weight excluding hydrogens is 256 g/mol. The maximum absolute atomic E-state index is 12.0. The summed E-state index contributed by atoms with van der Waals surface area (Å²) < 4.78 is 1.51. The van der Waals surface area contributed by atoms with E-state index in [9.17, 15) is 4.79 Å². The van der Waals surface area contributed by atoms with E-state index in [0.29, 0.717) is 11.4 Å². The van der Waals surface area contributed by atoms with Crippen LogP contribution in [0.15, 0.2) is 55.0 Å². The van der Waals surface area contributed by atoms with E-state index in [0.717, 1.165) is 5.69 Å². The largest absolute Gasteiger partial charge is 0.321 e. The molecule has 3 aromatic rings. The molecule has 0 saturated heterocycles. The molecule has 2 aromatic heterocycles. The second-order valence-corrected chi connectivity index (χ2v) is 3.97. The molecule has 0 saturated carbocycles. The van der Waals surface area contributed by atoms with Gasteiger partial charge in [-0.3, -0.25) is 9.78 Å². The Bertz CT molecular complexity index is 711. The van der Waals surface area contributed by atoms with Crippen LogP contribution in [0, 0.1) is 0 Å². The first-order valence-corrected chi connectivity index (χ1v) is 5.89. The minimum Gasteiger partial charge on any atom is -0.321 e. The van der Waals surface area contributed by atoms with E-state index >= 15 is 0 Å². The lowest BCUT2D eigenvalue weighted by Crippen LogP contribution is -2.13. The lowest BCUT2D eigenvalue weighted by atomic mass is 10.2. The van der Waals surface area contributed by atoms with Gasteiger partial charge in [0.2, 0.25) is 0 Å². The SMILES string of the molecule is O=C(Nc1cccc(-n2cnnn2)c1)c1ccccn1. The zero-order chi connectivity index (χ0) is 13.8. The zero-order valence-electron chi connectivity index (χ0n) is 10.3. The van der Waals surface area contributed by atoms with Crippen molar-refractivity contribution in [3.63, 3.8) is 0 Å². The Hall–Kier alpha value is -3.09. The highest BCUT2D eigenvalue weighted by Gasteiger charge is 2.07. The van der Waals surface area contributed by atoms with Crippen LogP contribution in [0.5, 0.6) is 0 Å². The summed E-state index contributed by atoms with van der Waals surface area (Å²) in [5.74, 6) is -0.264. The first-order chi connectivity index (χ1) is 9.83. The van der Waals surface area contributed by atoms with Gasteiger partial charge in [-0.2, -0.15) is 0 Å². The Labute approximate surface area is 114 Å². The second kappa shape index (κ2) is 5.27. The van der Waals surface area contributed by atoms with Crippen LogP contribution in [0.4, 0.5) is 5.69 Å². The lowest BCUT2D eigenvalue weighted by molar-refractivity contribution is 0.102. The summed E-state index contributed by atoms with van der Waals surface area (Å²) in [6, 6.07) is 12.4. The third kappa shape index (κ3) is 2.51. The second-order valence-electron chi connectivity index (χ2n) is 3.97. The molecule has 98 valence electrons. The fraction of sp³-hybridized carbons (Fsp3) is 0. The van der Waals surface area contributed by atoms with Crippen molar-refractivity contribution < 1.29 is 4.79 Å². The fourth-order valence-electron chi connectivity index (χ4n) is 1.70. The van der Waals surface area contributed by atoms with Crippen LogP contribution in [-0.2, 0) is 0 Å². The molecule has 2 heterocycles. The van der Waals surface area contributed by atoms with Crippen molar-refractivity contribution in [1.82, 2.24) is 25.2 Å². The predicted molar refractivity (Wildman–Crippen MR) is 71.3 cm³/mol. The number of pyridine rings is 1. The summed E-state index contributed by atoms with van der Waals surface area (Å²) in [5, 5.41) is 13.7. The average Bonchev–Trinajstić information content (AvgIpc) is 3.03. The van der Waals surface area contributed by atoms with E-state index in [1.165, 1.54) is 11.0 Å². The number of rotatable bonds is 3. The highest BCUT2D eigenvalue weighted by molar-refractivity contribution is 6.02. The first kappa shape index (κ1) is 12.0. The molecule has 0 aliphatic heterocycles. The number of nitrogens with one attached hydrogen (secondary N) is 1. The van der Waals surface area contributed by atoms with Gasteiger partial charge in [-0.05, 0) is 40.8 Å². The molecule has 1 amide bonds. The summed E-state index contributed by atoms with van der Waals surface area (Å²) in [7, 11) is 0. The van der Waals surface area contributed by atoms with E-state index in [-0.39, 0.29) is 5.91 Å². The Balaban J connectivity index is 1.82. The van der Waals surface area contributed by atoms with Gasteiger partial charge in [0.05, 0.1) is 5.69 Å². The molecule has 0 aliphatic carbocycles. The van der Waals surface area contributed by atoms with E-state index < -0.39 is 0 Å². The minimum absolute atomic E-state index is 0.264. The molecule has 3 rings (SSSR count). The normalized spacial score (nSPS) is 10.2. The van der Waals surface area contributed by atoms with Gasteiger partial charge in [-0.25, -0.2) is 4.68 Å². The lowest BCUT2D eigenvalue weighted by Gasteiger charge is -2.06. The Morgan fingerprint density at radius 2 is 2.10 bits per heavy atom. The molecule has 7 heteroatoms. The molecule has 20 heavy (non-hydrogen) atoms. The van der Waals surface area contributed by atoms with Crippen LogP contribution in [-0.4, -0.2) is 31.1 Å².